The molecule has 0 aliphatic heterocycles. The summed E-state index contributed by atoms with van der Waals surface area (Å²) >= 11 is 0. The van der Waals surface area contributed by atoms with Gasteiger partial charge in [-0.1, -0.05) is 234 Å². The molecule has 0 spiro atoms. The minimum atomic E-state index is -0.762. The van der Waals surface area contributed by atoms with Crippen LogP contribution in [0.2, 0.25) is 0 Å². The van der Waals surface area contributed by atoms with E-state index in [0.29, 0.717) is 19.3 Å². The fourth-order valence-electron chi connectivity index (χ4n) is 7.43. The minimum Gasteiger partial charge on any atom is -0.462 e. The van der Waals surface area contributed by atoms with Gasteiger partial charge >= 0.3 is 17.9 Å². The second kappa shape index (κ2) is 43.0. The molecule has 56 heavy (non-hydrogen) atoms. The Morgan fingerprint density at radius 3 is 1.02 bits per heavy atom. The van der Waals surface area contributed by atoms with E-state index < -0.39 is 6.10 Å². The van der Waals surface area contributed by atoms with Crippen LogP contribution in [0.5, 0.6) is 0 Å². The Labute approximate surface area is 348 Å². The summed E-state index contributed by atoms with van der Waals surface area (Å²) in [4.78, 5) is 37.8. The van der Waals surface area contributed by atoms with E-state index >= 15 is 0 Å². The molecule has 0 aliphatic carbocycles. The van der Waals surface area contributed by atoms with Gasteiger partial charge in [-0.3, -0.25) is 14.4 Å². The fraction of sp³-hybridized carbons (Fsp3) is 0.940. The molecule has 6 nitrogen and oxygen atoms in total. The van der Waals surface area contributed by atoms with Gasteiger partial charge < -0.3 is 14.2 Å². The summed E-state index contributed by atoms with van der Waals surface area (Å²) < 4.78 is 16.8. The summed E-state index contributed by atoms with van der Waals surface area (Å²) in [6.45, 7) is 11.3. The molecule has 0 radical (unpaired) electrons. The average Bonchev–Trinajstić information content (AvgIpc) is 3.18. The van der Waals surface area contributed by atoms with Crippen molar-refractivity contribution >= 4 is 17.9 Å². The van der Waals surface area contributed by atoms with E-state index in [1.807, 2.05) is 0 Å². The van der Waals surface area contributed by atoms with E-state index in [-0.39, 0.29) is 31.1 Å². The van der Waals surface area contributed by atoms with Gasteiger partial charge in [0.15, 0.2) is 6.10 Å². The molecule has 6 heteroatoms. The molecule has 0 rings (SSSR count). The lowest BCUT2D eigenvalue weighted by Crippen LogP contribution is -2.30. The topological polar surface area (TPSA) is 78.9 Å². The van der Waals surface area contributed by atoms with Crippen LogP contribution in [-0.4, -0.2) is 37.2 Å². The number of hydrogen-bond acceptors (Lipinski definition) is 6. The molecule has 0 N–H and O–H groups in total. The molecule has 0 saturated carbocycles. The lowest BCUT2D eigenvalue weighted by atomic mass is 9.99. The zero-order chi connectivity index (χ0) is 41.2. The van der Waals surface area contributed by atoms with Gasteiger partial charge in [-0.05, 0) is 31.1 Å². The van der Waals surface area contributed by atoms with E-state index in [1.165, 1.54) is 161 Å². The highest BCUT2D eigenvalue weighted by atomic mass is 16.6. The summed E-state index contributed by atoms with van der Waals surface area (Å²) in [6, 6.07) is 0. The Hall–Kier alpha value is -1.59. The maximum Gasteiger partial charge on any atom is 0.306 e. The van der Waals surface area contributed by atoms with Crippen LogP contribution in [0, 0.1) is 11.8 Å². The molecule has 0 fully saturated rings. The van der Waals surface area contributed by atoms with E-state index in [1.54, 1.807) is 0 Å². The summed E-state index contributed by atoms with van der Waals surface area (Å²) in [5.74, 6) is 0.770. The summed E-state index contributed by atoms with van der Waals surface area (Å²) in [6.07, 6.45) is 42.3. The second-order valence-corrected chi connectivity index (χ2v) is 17.8. The summed E-state index contributed by atoms with van der Waals surface area (Å²) in [5.41, 5.74) is 0. The first-order valence-corrected chi connectivity index (χ1v) is 24.8. The molecule has 0 amide bonds. The van der Waals surface area contributed by atoms with Gasteiger partial charge in [0.1, 0.15) is 13.2 Å². The Balaban J connectivity index is 4.30. The van der Waals surface area contributed by atoms with E-state index in [4.69, 9.17) is 14.2 Å². The lowest BCUT2D eigenvalue weighted by molar-refractivity contribution is -0.167. The zero-order valence-electron chi connectivity index (χ0n) is 38.3. The van der Waals surface area contributed by atoms with Crippen LogP contribution in [0.4, 0.5) is 0 Å². The second-order valence-electron chi connectivity index (χ2n) is 17.8. The van der Waals surface area contributed by atoms with Crippen molar-refractivity contribution < 1.29 is 28.6 Å². The van der Waals surface area contributed by atoms with Gasteiger partial charge in [0.25, 0.3) is 0 Å². The standard InChI is InChI=1S/C50H96O6/c1-6-8-9-10-11-12-13-14-15-16-17-18-19-25-30-35-40-48(51)54-43-47(44-55-49(52)41-36-31-27-22-23-28-33-38-45(3)4)56-50(53)42-37-32-26-21-20-24-29-34-39-46(5)7-2/h45-47H,6-44H2,1-5H3/t46?,47-/m1/s1. The molecule has 1 unspecified atom stereocenters. The number of carbonyl (C=O) groups excluding carboxylic acids is 3. The van der Waals surface area contributed by atoms with Crippen molar-refractivity contribution in [1.82, 2.24) is 0 Å². The Bertz CT molecular complexity index is 856. The van der Waals surface area contributed by atoms with E-state index in [9.17, 15) is 14.4 Å². The SMILES string of the molecule is CCCCCCCCCCCCCCCCCCC(=O)OC[C@H](COC(=O)CCCCCCCCCC(C)C)OC(=O)CCCCCCCCCCC(C)CC. The molecule has 2 atom stereocenters. The highest BCUT2D eigenvalue weighted by Crippen LogP contribution is 2.17. The Morgan fingerprint density at radius 1 is 0.375 bits per heavy atom. The molecule has 0 saturated heterocycles. The molecule has 0 aromatic rings. The maximum absolute atomic E-state index is 12.7. The first-order valence-electron chi connectivity index (χ1n) is 24.8. The molecule has 0 aromatic heterocycles. The quantitative estimate of drug-likeness (QED) is 0.0347. The molecule has 0 heterocycles. The first kappa shape index (κ1) is 54.4. The van der Waals surface area contributed by atoms with Crippen molar-refractivity contribution in [2.24, 2.45) is 11.8 Å². The Morgan fingerprint density at radius 2 is 0.679 bits per heavy atom. The van der Waals surface area contributed by atoms with Gasteiger partial charge in [-0.25, -0.2) is 0 Å². The van der Waals surface area contributed by atoms with Crippen molar-refractivity contribution in [3.8, 4) is 0 Å². The third-order valence-corrected chi connectivity index (χ3v) is 11.6. The van der Waals surface area contributed by atoms with Crippen LogP contribution in [0.3, 0.4) is 0 Å². The number of esters is 3. The monoisotopic (exact) mass is 793 g/mol. The predicted molar refractivity (Wildman–Crippen MR) is 238 cm³/mol. The van der Waals surface area contributed by atoms with Crippen LogP contribution in [0.1, 0.15) is 272 Å². The molecule has 332 valence electrons. The van der Waals surface area contributed by atoms with Crippen molar-refractivity contribution in [1.29, 1.82) is 0 Å². The van der Waals surface area contributed by atoms with Gasteiger partial charge in [-0.2, -0.15) is 0 Å². The van der Waals surface area contributed by atoms with Gasteiger partial charge in [0.05, 0.1) is 0 Å². The summed E-state index contributed by atoms with van der Waals surface area (Å²) in [7, 11) is 0. The van der Waals surface area contributed by atoms with Crippen LogP contribution < -0.4 is 0 Å². The smallest absolute Gasteiger partial charge is 0.306 e. The van der Waals surface area contributed by atoms with Gasteiger partial charge in [0, 0.05) is 19.3 Å². The van der Waals surface area contributed by atoms with E-state index in [2.05, 4.69) is 34.6 Å². The van der Waals surface area contributed by atoms with Crippen LogP contribution in [0.15, 0.2) is 0 Å². The number of rotatable bonds is 44. The van der Waals surface area contributed by atoms with Gasteiger partial charge in [0.2, 0.25) is 0 Å². The number of carbonyl (C=O) groups is 3. The number of hydrogen-bond donors (Lipinski definition) is 0. The van der Waals surface area contributed by atoms with Gasteiger partial charge in [-0.15, -0.1) is 0 Å². The molecular weight excluding hydrogens is 697 g/mol. The fourth-order valence-corrected chi connectivity index (χ4v) is 7.43. The largest absolute Gasteiger partial charge is 0.462 e. The third-order valence-electron chi connectivity index (χ3n) is 11.6. The minimum absolute atomic E-state index is 0.0649. The molecule has 0 aromatic carbocycles. The van der Waals surface area contributed by atoms with Crippen LogP contribution in [-0.2, 0) is 28.6 Å². The van der Waals surface area contributed by atoms with Crippen LogP contribution in [0.25, 0.3) is 0 Å². The number of unbranched alkanes of at least 4 members (excludes halogenated alkanes) is 28. The van der Waals surface area contributed by atoms with Crippen molar-refractivity contribution in [2.75, 3.05) is 13.2 Å². The highest BCUT2D eigenvalue weighted by Gasteiger charge is 2.19. The Kier molecular flexibility index (Phi) is 41.8. The third kappa shape index (κ3) is 42.0. The first-order chi connectivity index (χ1) is 27.3. The van der Waals surface area contributed by atoms with Crippen molar-refractivity contribution in [3.05, 3.63) is 0 Å². The normalized spacial score (nSPS) is 12.5. The van der Waals surface area contributed by atoms with E-state index in [0.717, 1.165) is 69.6 Å². The zero-order valence-corrected chi connectivity index (χ0v) is 38.3. The predicted octanol–water partition coefficient (Wildman–Crippen LogP) is 15.8. The van der Waals surface area contributed by atoms with Crippen molar-refractivity contribution in [3.63, 3.8) is 0 Å². The van der Waals surface area contributed by atoms with Crippen molar-refractivity contribution in [2.45, 2.75) is 278 Å². The highest BCUT2D eigenvalue weighted by molar-refractivity contribution is 5.71. The molecular formula is C50H96O6. The molecule has 0 bridgehead atoms. The number of ether oxygens (including phenoxy) is 3. The molecule has 0 aliphatic rings. The summed E-state index contributed by atoms with van der Waals surface area (Å²) in [5, 5.41) is 0. The maximum atomic E-state index is 12.7. The lowest BCUT2D eigenvalue weighted by Gasteiger charge is -2.18. The average molecular weight is 793 g/mol. The van der Waals surface area contributed by atoms with Crippen LogP contribution >= 0.6 is 0 Å².